The number of carbonyl (C=O) groups is 2. The van der Waals surface area contributed by atoms with Crippen molar-refractivity contribution in [2.24, 2.45) is 5.41 Å². The van der Waals surface area contributed by atoms with E-state index in [9.17, 15) is 9.59 Å². The van der Waals surface area contributed by atoms with Crippen molar-refractivity contribution in [1.82, 2.24) is 24.8 Å². The van der Waals surface area contributed by atoms with Crippen molar-refractivity contribution in [3.05, 3.63) is 114 Å². The van der Waals surface area contributed by atoms with Crippen LogP contribution in [-0.2, 0) is 6.54 Å². The first kappa shape index (κ1) is 29.3. The number of ether oxygens (including phenoxy) is 1. The van der Waals surface area contributed by atoms with Crippen LogP contribution >= 0.6 is 0 Å². The van der Waals surface area contributed by atoms with Crippen LogP contribution in [0.5, 0.6) is 5.75 Å². The Bertz CT molecular complexity index is 1530. The fourth-order valence-corrected chi connectivity index (χ4v) is 6.18. The third kappa shape index (κ3) is 6.88. The van der Waals surface area contributed by atoms with E-state index in [4.69, 9.17) is 4.74 Å². The average molecular weight is 591 g/mol. The van der Waals surface area contributed by atoms with E-state index >= 15 is 0 Å². The van der Waals surface area contributed by atoms with E-state index in [-0.39, 0.29) is 17.2 Å². The number of amides is 2. The zero-order valence-corrected chi connectivity index (χ0v) is 24.9. The summed E-state index contributed by atoms with van der Waals surface area (Å²) in [7, 11) is 0. The minimum Gasteiger partial charge on any atom is -0.492 e. The molecule has 2 amide bonds. The number of likely N-dealkylation sites (tertiary alicyclic amines) is 1. The van der Waals surface area contributed by atoms with Gasteiger partial charge in [0, 0.05) is 63.3 Å². The Labute approximate surface area is 258 Å². The van der Waals surface area contributed by atoms with Gasteiger partial charge in [-0.15, -0.1) is 0 Å². The average Bonchev–Trinajstić information content (AvgIpc) is 3.10. The van der Waals surface area contributed by atoms with Gasteiger partial charge in [0.05, 0.1) is 12.2 Å². The van der Waals surface area contributed by atoms with Crippen LogP contribution in [-0.4, -0.2) is 75.9 Å². The molecule has 9 nitrogen and oxygen atoms in total. The van der Waals surface area contributed by atoms with E-state index in [1.54, 1.807) is 24.7 Å². The monoisotopic (exact) mass is 590 g/mol. The molecule has 4 aromatic rings. The number of carbonyl (C=O) groups excluding carboxylic acids is 2. The highest BCUT2D eigenvalue weighted by Crippen LogP contribution is 2.38. The van der Waals surface area contributed by atoms with Gasteiger partial charge in [-0.1, -0.05) is 48.5 Å². The van der Waals surface area contributed by atoms with Crippen molar-refractivity contribution >= 4 is 17.8 Å². The van der Waals surface area contributed by atoms with Crippen molar-refractivity contribution in [2.75, 3.05) is 44.2 Å². The van der Waals surface area contributed by atoms with Crippen LogP contribution in [0.1, 0.15) is 52.1 Å². The molecule has 0 saturated carbocycles. The van der Waals surface area contributed by atoms with Crippen molar-refractivity contribution in [2.45, 2.75) is 32.2 Å². The third-order valence-electron chi connectivity index (χ3n) is 8.76. The lowest BCUT2D eigenvalue weighted by molar-refractivity contribution is 0.0360. The van der Waals surface area contributed by atoms with Gasteiger partial charge in [-0.05, 0) is 61.6 Å². The summed E-state index contributed by atoms with van der Waals surface area (Å²) in [5.74, 6) is 1.16. The molecular weight excluding hydrogens is 552 g/mol. The highest BCUT2D eigenvalue weighted by atomic mass is 16.5. The molecule has 0 atom stereocenters. The molecule has 6 rings (SSSR count). The van der Waals surface area contributed by atoms with E-state index in [2.05, 4.69) is 19.9 Å². The Hall–Kier alpha value is -4.79. The van der Waals surface area contributed by atoms with Crippen LogP contribution in [0.2, 0.25) is 0 Å². The summed E-state index contributed by atoms with van der Waals surface area (Å²) in [6, 6.07) is 24.9. The highest BCUT2D eigenvalue weighted by Gasteiger charge is 2.37. The number of hydrogen-bond donors (Lipinski definition) is 0. The van der Waals surface area contributed by atoms with Crippen LogP contribution in [0.3, 0.4) is 0 Å². The number of fused-ring (bicyclic) bond motifs is 1. The third-order valence-corrected chi connectivity index (χ3v) is 8.76. The molecule has 1 saturated heterocycles. The van der Waals surface area contributed by atoms with Crippen molar-refractivity contribution in [1.29, 1.82) is 0 Å². The van der Waals surface area contributed by atoms with Crippen LogP contribution in [0, 0.1) is 5.41 Å². The number of nitrogens with zero attached hydrogens (tertiary/aromatic N) is 6. The number of pyridine rings is 1. The molecule has 1 spiro atoms. The predicted octanol–water partition coefficient (Wildman–Crippen LogP) is 5.12. The predicted molar refractivity (Wildman–Crippen MR) is 168 cm³/mol. The minimum absolute atomic E-state index is 0.0344. The van der Waals surface area contributed by atoms with E-state index < -0.39 is 0 Å². The molecule has 1 fully saturated rings. The molecule has 0 radical (unpaired) electrons. The SMILES string of the molecule is O=C(c1ccccn1)N1CCC2(CCCN(c3ncccn3)CCN(Cc3ccccc3)C(=O)c3ccccc3OC2)CC1. The molecule has 0 N–H and O–H groups in total. The quantitative estimate of drug-likeness (QED) is 0.326. The first-order valence-electron chi connectivity index (χ1n) is 15.4. The maximum Gasteiger partial charge on any atom is 0.272 e. The lowest BCUT2D eigenvalue weighted by Gasteiger charge is -2.42. The first-order chi connectivity index (χ1) is 21.6. The number of para-hydroxylation sites is 1. The molecule has 0 aliphatic carbocycles. The molecule has 4 heterocycles. The van der Waals surface area contributed by atoms with Gasteiger partial charge >= 0.3 is 0 Å². The van der Waals surface area contributed by atoms with Gasteiger partial charge in [-0.25, -0.2) is 9.97 Å². The molecule has 44 heavy (non-hydrogen) atoms. The smallest absolute Gasteiger partial charge is 0.272 e. The molecule has 9 heteroatoms. The molecule has 2 aliphatic rings. The number of rotatable bonds is 4. The van der Waals surface area contributed by atoms with Crippen molar-refractivity contribution in [3.8, 4) is 5.75 Å². The molecular formula is C35H38N6O3. The largest absolute Gasteiger partial charge is 0.492 e. The van der Waals surface area contributed by atoms with E-state index in [0.717, 1.165) is 37.8 Å². The van der Waals surface area contributed by atoms with Gasteiger partial charge in [0.15, 0.2) is 0 Å². The number of aromatic nitrogens is 3. The summed E-state index contributed by atoms with van der Waals surface area (Å²) in [5.41, 5.74) is 1.96. The van der Waals surface area contributed by atoms with Crippen molar-refractivity contribution < 1.29 is 14.3 Å². The van der Waals surface area contributed by atoms with Crippen LogP contribution in [0.15, 0.2) is 97.5 Å². The zero-order chi connectivity index (χ0) is 30.2. The number of anilines is 1. The van der Waals surface area contributed by atoms with Crippen LogP contribution in [0.25, 0.3) is 0 Å². The minimum atomic E-state index is -0.141. The second kappa shape index (κ2) is 13.7. The fourth-order valence-electron chi connectivity index (χ4n) is 6.18. The standard InChI is InChI=1S/C35H38N6O3/c42-32-29-12-4-5-14-31(29)44-27-35(16-22-39(23-17-35)33(43)30-13-6-7-18-36-30)15-8-21-40(34-37-19-9-20-38-34)24-25-41(32)26-28-10-2-1-3-11-28/h1-7,9-14,18-20H,8,15-17,21-27H2. The Morgan fingerprint density at radius 3 is 2.25 bits per heavy atom. The number of benzene rings is 2. The van der Waals surface area contributed by atoms with Gasteiger partial charge in [0.25, 0.3) is 11.8 Å². The molecule has 2 aliphatic heterocycles. The summed E-state index contributed by atoms with van der Waals surface area (Å²) in [6.45, 7) is 4.10. The number of hydrogen-bond acceptors (Lipinski definition) is 7. The van der Waals surface area contributed by atoms with E-state index in [1.807, 2.05) is 82.6 Å². The Morgan fingerprint density at radius 2 is 1.48 bits per heavy atom. The fraction of sp³-hybridized carbons (Fsp3) is 0.343. The topological polar surface area (TPSA) is 91.8 Å². The summed E-state index contributed by atoms with van der Waals surface area (Å²) in [4.78, 5) is 46.6. The summed E-state index contributed by atoms with van der Waals surface area (Å²) in [5, 5.41) is 0. The zero-order valence-electron chi connectivity index (χ0n) is 24.9. The highest BCUT2D eigenvalue weighted by molar-refractivity contribution is 5.97. The molecule has 2 aromatic carbocycles. The van der Waals surface area contributed by atoms with E-state index in [0.29, 0.717) is 62.3 Å². The summed E-state index contributed by atoms with van der Waals surface area (Å²) < 4.78 is 6.55. The molecule has 0 unspecified atom stereocenters. The maximum atomic E-state index is 14.2. The Balaban J connectivity index is 1.27. The maximum absolute atomic E-state index is 14.2. The van der Waals surface area contributed by atoms with Crippen LogP contribution in [0.4, 0.5) is 5.95 Å². The molecule has 2 aromatic heterocycles. The molecule has 0 bridgehead atoms. The Kier molecular flexibility index (Phi) is 9.10. The summed E-state index contributed by atoms with van der Waals surface area (Å²) in [6.07, 6.45) is 8.62. The lowest BCUT2D eigenvalue weighted by atomic mass is 9.75. The van der Waals surface area contributed by atoms with Gasteiger partial charge in [0.1, 0.15) is 11.4 Å². The Morgan fingerprint density at radius 1 is 0.750 bits per heavy atom. The van der Waals surface area contributed by atoms with Gasteiger partial charge in [-0.3, -0.25) is 14.6 Å². The second-order valence-electron chi connectivity index (χ2n) is 11.6. The first-order valence-corrected chi connectivity index (χ1v) is 15.4. The van der Waals surface area contributed by atoms with Crippen LogP contribution < -0.4 is 9.64 Å². The van der Waals surface area contributed by atoms with Gasteiger partial charge < -0.3 is 19.4 Å². The summed E-state index contributed by atoms with van der Waals surface area (Å²) >= 11 is 0. The van der Waals surface area contributed by atoms with Gasteiger partial charge in [-0.2, -0.15) is 0 Å². The lowest BCUT2D eigenvalue weighted by Crippen LogP contribution is -2.46. The van der Waals surface area contributed by atoms with Crippen molar-refractivity contribution in [3.63, 3.8) is 0 Å². The normalized spacial score (nSPS) is 17.5. The second-order valence-corrected chi connectivity index (χ2v) is 11.6. The van der Waals surface area contributed by atoms with Gasteiger partial charge in [0.2, 0.25) is 5.95 Å². The van der Waals surface area contributed by atoms with E-state index in [1.165, 1.54) is 0 Å². The number of piperidine rings is 1. The molecule has 226 valence electrons.